The van der Waals surface area contributed by atoms with Crippen molar-refractivity contribution in [3.63, 3.8) is 0 Å². The zero-order valence-corrected chi connectivity index (χ0v) is 15.0. The molecule has 2 N–H and O–H groups in total. The van der Waals surface area contributed by atoms with Gasteiger partial charge in [-0.15, -0.1) is 0 Å². The van der Waals surface area contributed by atoms with Crippen LogP contribution in [0.1, 0.15) is 28.4 Å². The van der Waals surface area contributed by atoms with Gasteiger partial charge in [0.2, 0.25) is 0 Å². The van der Waals surface area contributed by atoms with Gasteiger partial charge in [0.05, 0.1) is 6.61 Å². The van der Waals surface area contributed by atoms with Crippen LogP contribution in [-0.2, 0) is 18.9 Å². The smallest absolute Gasteiger partial charge is 0.332 e. The fraction of sp³-hybridized carbons (Fsp3) is 0.353. The van der Waals surface area contributed by atoms with Crippen molar-refractivity contribution in [2.45, 2.75) is 20.8 Å². The molecule has 1 aromatic carbocycles. The molecule has 0 saturated carbocycles. The molecule has 0 aliphatic heterocycles. The molecule has 134 valence electrons. The third-order valence-corrected chi connectivity index (χ3v) is 3.84. The molecule has 8 heteroatoms. The summed E-state index contributed by atoms with van der Waals surface area (Å²) in [4.78, 5) is 42.0. The monoisotopic (exact) mass is 346 g/mol. The van der Waals surface area contributed by atoms with Crippen molar-refractivity contribution in [3.05, 3.63) is 55.7 Å². The van der Waals surface area contributed by atoms with E-state index in [1.54, 1.807) is 6.92 Å². The number of hydroxylamine groups is 1. The Morgan fingerprint density at radius 2 is 1.84 bits per heavy atom. The first-order chi connectivity index (χ1) is 11.8. The highest BCUT2D eigenvalue weighted by molar-refractivity contribution is 5.98. The van der Waals surface area contributed by atoms with Gasteiger partial charge < -0.3 is 5.32 Å². The number of nitrogens with zero attached hydrogens (tertiary/aromatic N) is 2. The van der Waals surface area contributed by atoms with E-state index in [2.05, 4.69) is 10.8 Å². The highest BCUT2D eigenvalue weighted by Gasteiger charge is 2.22. The van der Waals surface area contributed by atoms with Crippen molar-refractivity contribution >= 4 is 17.4 Å². The Balaban J connectivity index is 2.64. The lowest BCUT2D eigenvalue weighted by molar-refractivity contribution is 0.0363. The number of carbonyl (C=O) groups is 1. The fourth-order valence-corrected chi connectivity index (χ4v) is 2.47. The van der Waals surface area contributed by atoms with Crippen LogP contribution in [0.3, 0.4) is 0 Å². The maximum atomic E-state index is 12.5. The van der Waals surface area contributed by atoms with E-state index < -0.39 is 17.2 Å². The molecule has 1 amide bonds. The van der Waals surface area contributed by atoms with Crippen molar-refractivity contribution in [3.8, 4) is 0 Å². The molecule has 0 atom stereocenters. The molecule has 0 fully saturated rings. The standard InChI is InChI=1S/C17H22N4O4/c1-6-25-19-15(22)13-14(20(4)17(24)21(5)16(13)23)18-12-8-7-10(2)9-11(12)3/h7-9,18H,6H2,1-5H3,(H,19,22). The topological polar surface area (TPSA) is 94.4 Å². The summed E-state index contributed by atoms with van der Waals surface area (Å²) >= 11 is 0. The third-order valence-electron chi connectivity index (χ3n) is 3.84. The largest absolute Gasteiger partial charge is 0.340 e. The highest BCUT2D eigenvalue weighted by Crippen LogP contribution is 2.22. The summed E-state index contributed by atoms with van der Waals surface area (Å²) in [5.74, 6) is -0.609. The molecule has 1 heterocycles. The normalized spacial score (nSPS) is 10.6. The summed E-state index contributed by atoms with van der Waals surface area (Å²) in [5, 5.41) is 3.04. The number of amides is 1. The third kappa shape index (κ3) is 3.63. The molecule has 0 saturated heterocycles. The van der Waals surface area contributed by atoms with Crippen LogP contribution in [0.2, 0.25) is 0 Å². The second-order valence-corrected chi connectivity index (χ2v) is 5.74. The number of nitrogens with one attached hydrogen (secondary N) is 2. The SMILES string of the molecule is CCONC(=O)c1c(Nc2ccc(C)cc2C)n(C)c(=O)n(C)c1=O. The first-order valence-corrected chi connectivity index (χ1v) is 7.84. The molecule has 0 unspecified atom stereocenters. The first-order valence-electron chi connectivity index (χ1n) is 7.84. The second kappa shape index (κ2) is 7.35. The molecule has 0 aliphatic carbocycles. The molecule has 0 radical (unpaired) electrons. The predicted molar refractivity (Wildman–Crippen MR) is 95.2 cm³/mol. The number of aromatic nitrogens is 2. The van der Waals surface area contributed by atoms with E-state index in [1.165, 1.54) is 18.7 Å². The van der Waals surface area contributed by atoms with Gasteiger partial charge in [0.1, 0.15) is 11.4 Å². The van der Waals surface area contributed by atoms with E-state index in [9.17, 15) is 14.4 Å². The summed E-state index contributed by atoms with van der Waals surface area (Å²) in [6, 6.07) is 5.69. The summed E-state index contributed by atoms with van der Waals surface area (Å²) in [7, 11) is 2.81. The number of benzene rings is 1. The second-order valence-electron chi connectivity index (χ2n) is 5.74. The zero-order valence-electron chi connectivity index (χ0n) is 15.0. The minimum atomic E-state index is -0.717. The number of hydrogen-bond donors (Lipinski definition) is 2. The molecule has 0 bridgehead atoms. The quantitative estimate of drug-likeness (QED) is 0.792. The Morgan fingerprint density at radius 1 is 1.16 bits per heavy atom. The predicted octanol–water partition coefficient (Wildman–Crippen LogP) is 1.13. The van der Waals surface area contributed by atoms with Gasteiger partial charge in [-0.25, -0.2) is 10.3 Å². The van der Waals surface area contributed by atoms with Crippen LogP contribution < -0.4 is 22.0 Å². The molecule has 25 heavy (non-hydrogen) atoms. The first kappa shape index (κ1) is 18.5. The molecule has 1 aromatic heterocycles. The van der Waals surface area contributed by atoms with Crippen molar-refractivity contribution in [2.75, 3.05) is 11.9 Å². The van der Waals surface area contributed by atoms with Gasteiger partial charge in [0, 0.05) is 19.8 Å². The van der Waals surface area contributed by atoms with Crippen molar-refractivity contribution < 1.29 is 9.63 Å². The van der Waals surface area contributed by atoms with Crippen molar-refractivity contribution in [1.82, 2.24) is 14.6 Å². The summed E-state index contributed by atoms with van der Waals surface area (Å²) < 4.78 is 2.11. The van der Waals surface area contributed by atoms with Gasteiger partial charge in [-0.3, -0.25) is 23.6 Å². The van der Waals surface area contributed by atoms with Gasteiger partial charge in [-0.05, 0) is 32.4 Å². The van der Waals surface area contributed by atoms with Crippen LogP contribution in [0, 0.1) is 13.8 Å². The molecule has 2 aromatic rings. The zero-order chi connectivity index (χ0) is 18.7. The van der Waals surface area contributed by atoms with Crippen LogP contribution in [-0.4, -0.2) is 21.6 Å². The molecule has 0 aliphatic rings. The van der Waals surface area contributed by atoms with E-state index in [-0.39, 0.29) is 18.0 Å². The van der Waals surface area contributed by atoms with Crippen LogP contribution in [0.25, 0.3) is 0 Å². The summed E-state index contributed by atoms with van der Waals surface area (Å²) in [6.07, 6.45) is 0. The lowest BCUT2D eigenvalue weighted by atomic mass is 10.1. The van der Waals surface area contributed by atoms with Gasteiger partial charge in [0.15, 0.2) is 0 Å². The maximum absolute atomic E-state index is 12.5. The van der Waals surface area contributed by atoms with E-state index in [0.717, 1.165) is 15.7 Å². The average molecular weight is 346 g/mol. The molecular formula is C17H22N4O4. The van der Waals surface area contributed by atoms with Crippen LogP contribution >= 0.6 is 0 Å². The highest BCUT2D eigenvalue weighted by atomic mass is 16.6. The lowest BCUT2D eigenvalue weighted by Gasteiger charge is -2.17. The molecule has 8 nitrogen and oxygen atoms in total. The van der Waals surface area contributed by atoms with E-state index in [0.29, 0.717) is 5.69 Å². The summed E-state index contributed by atoms with van der Waals surface area (Å²) in [5.41, 5.74) is 3.46. The number of hydrogen-bond acceptors (Lipinski definition) is 5. The molecular weight excluding hydrogens is 324 g/mol. The van der Waals surface area contributed by atoms with Gasteiger partial charge in [0.25, 0.3) is 11.5 Å². The van der Waals surface area contributed by atoms with E-state index >= 15 is 0 Å². The van der Waals surface area contributed by atoms with Crippen LogP contribution in [0.4, 0.5) is 11.5 Å². The number of carbonyl (C=O) groups excluding carboxylic acids is 1. The Labute approximate surface area is 145 Å². The van der Waals surface area contributed by atoms with Crippen LogP contribution in [0.5, 0.6) is 0 Å². The fourth-order valence-electron chi connectivity index (χ4n) is 2.47. The number of rotatable bonds is 5. The Morgan fingerprint density at radius 3 is 2.44 bits per heavy atom. The minimum absolute atomic E-state index is 0.109. The average Bonchev–Trinajstić information content (AvgIpc) is 2.57. The lowest BCUT2D eigenvalue weighted by Crippen LogP contribution is -2.43. The minimum Gasteiger partial charge on any atom is -0.340 e. The van der Waals surface area contributed by atoms with Gasteiger partial charge in [-0.1, -0.05) is 17.7 Å². The molecule has 0 spiro atoms. The molecule has 2 rings (SSSR count). The number of aryl methyl sites for hydroxylation is 2. The van der Waals surface area contributed by atoms with Gasteiger partial charge in [-0.2, -0.15) is 0 Å². The summed E-state index contributed by atoms with van der Waals surface area (Å²) in [6.45, 7) is 5.81. The Kier molecular flexibility index (Phi) is 5.43. The van der Waals surface area contributed by atoms with E-state index in [4.69, 9.17) is 4.84 Å². The maximum Gasteiger partial charge on any atom is 0.332 e. The van der Waals surface area contributed by atoms with E-state index in [1.807, 2.05) is 32.0 Å². The van der Waals surface area contributed by atoms with Crippen molar-refractivity contribution in [1.29, 1.82) is 0 Å². The Bertz CT molecular complexity index is 927. The van der Waals surface area contributed by atoms with Crippen molar-refractivity contribution in [2.24, 2.45) is 14.1 Å². The van der Waals surface area contributed by atoms with Gasteiger partial charge >= 0.3 is 5.69 Å². The Hall–Kier alpha value is -2.87. The number of anilines is 2. The van der Waals surface area contributed by atoms with Crippen LogP contribution in [0.15, 0.2) is 27.8 Å².